The standard InChI is InChI=1S/C12H11BrN2O/c13-10-5-2-1-4-9(10)8-11(16)12-14-6-3-7-15-12/h1-7,11,16H,8H2. The van der Waals surface area contributed by atoms with Gasteiger partial charge in [0.15, 0.2) is 5.82 Å². The van der Waals surface area contributed by atoms with Crippen molar-refractivity contribution in [1.82, 2.24) is 9.97 Å². The van der Waals surface area contributed by atoms with Crippen molar-refractivity contribution in [2.24, 2.45) is 0 Å². The van der Waals surface area contributed by atoms with E-state index in [4.69, 9.17) is 0 Å². The molecule has 1 aromatic carbocycles. The Morgan fingerprint density at radius 2 is 1.81 bits per heavy atom. The first-order chi connectivity index (χ1) is 7.77. The fourth-order valence-electron chi connectivity index (χ4n) is 1.45. The average molecular weight is 279 g/mol. The minimum absolute atomic E-state index is 0.457. The maximum Gasteiger partial charge on any atom is 0.157 e. The van der Waals surface area contributed by atoms with Crippen LogP contribution in [0.2, 0.25) is 0 Å². The smallest absolute Gasteiger partial charge is 0.157 e. The second kappa shape index (κ2) is 5.18. The molecule has 2 rings (SSSR count). The molecule has 0 amide bonds. The molecule has 0 aliphatic heterocycles. The molecule has 82 valence electrons. The number of aliphatic hydroxyl groups is 1. The van der Waals surface area contributed by atoms with E-state index in [-0.39, 0.29) is 0 Å². The van der Waals surface area contributed by atoms with Crippen LogP contribution in [0.15, 0.2) is 47.2 Å². The number of benzene rings is 1. The summed E-state index contributed by atoms with van der Waals surface area (Å²) in [5.74, 6) is 0.457. The summed E-state index contributed by atoms with van der Waals surface area (Å²) in [5, 5.41) is 9.95. The lowest BCUT2D eigenvalue weighted by molar-refractivity contribution is 0.168. The molecule has 0 spiro atoms. The number of aliphatic hydroxyl groups excluding tert-OH is 1. The van der Waals surface area contributed by atoms with Crippen LogP contribution >= 0.6 is 15.9 Å². The molecule has 3 nitrogen and oxygen atoms in total. The molecule has 0 fully saturated rings. The van der Waals surface area contributed by atoms with Gasteiger partial charge in [0.2, 0.25) is 0 Å². The van der Waals surface area contributed by atoms with Gasteiger partial charge in [-0.25, -0.2) is 9.97 Å². The van der Waals surface area contributed by atoms with Gasteiger partial charge in [0.05, 0.1) is 0 Å². The van der Waals surface area contributed by atoms with E-state index in [1.54, 1.807) is 18.5 Å². The molecule has 16 heavy (non-hydrogen) atoms. The quantitative estimate of drug-likeness (QED) is 0.939. The molecule has 0 aliphatic rings. The number of aromatic nitrogens is 2. The van der Waals surface area contributed by atoms with E-state index in [1.165, 1.54) is 0 Å². The minimum atomic E-state index is -0.667. The predicted molar refractivity (Wildman–Crippen MR) is 64.8 cm³/mol. The van der Waals surface area contributed by atoms with Gasteiger partial charge in [0.1, 0.15) is 6.10 Å². The van der Waals surface area contributed by atoms with Crippen molar-refractivity contribution >= 4 is 15.9 Å². The van der Waals surface area contributed by atoms with Crippen LogP contribution < -0.4 is 0 Å². The van der Waals surface area contributed by atoms with Gasteiger partial charge >= 0.3 is 0 Å². The van der Waals surface area contributed by atoms with Gasteiger partial charge in [0, 0.05) is 23.3 Å². The first-order valence-electron chi connectivity index (χ1n) is 4.96. The van der Waals surface area contributed by atoms with E-state index in [0.29, 0.717) is 12.2 Å². The Morgan fingerprint density at radius 3 is 2.50 bits per heavy atom. The Kier molecular flexibility index (Phi) is 3.64. The van der Waals surface area contributed by atoms with Crippen molar-refractivity contribution < 1.29 is 5.11 Å². The van der Waals surface area contributed by atoms with Crippen LogP contribution in [0.25, 0.3) is 0 Å². The van der Waals surface area contributed by atoms with Crippen LogP contribution in [-0.2, 0) is 6.42 Å². The Hall–Kier alpha value is -1.26. The SMILES string of the molecule is OC(Cc1ccccc1Br)c1ncccn1. The average Bonchev–Trinajstić information content (AvgIpc) is 2.33. The van der Waals surface area contributed by atoms with E-state index in [2.05, 4.69) is 25.9 Å². The second-order valence-electron chi connectivity index (χ2n) is 3.42. The third kappa shape index (κ3) is 2.65. The molecule has 1 aromatic heterocycles. The van der Waals surface area contributed by atoms with Gasteiger partial charge in [-0.2, -0.15) is 0 Å². The van der Waals surface area contributed by atoms with Crippen LogP contribution in [0.3, 0.4) is 0 Å². The topological polar surface area (TPSA) is 46.0 Å². The highest BCUT2D eigenvalue weighted by molar-refractivity contribution is 9.10. The van der Waals surface area contributed by atoms with Crippen molar-refractivity contribution in [3.05, 3.63) is 58.6 Å². The number of nitrogens with zero attached hydrogens (tertiary/aromatic N) is 2. The first-order valence-corrected chi connectivity index (χ1v) is 5.75. The van der Waals surface area contributed by atoms with Crippen LogP contribution in [0, 0.1) is 0 Å². The lowest BCUT2D eigenvalue weighted by atomic mass is 10.1. The summed E-state index contributed by atoms with van der Waals surface area (Å²) in [6.07, 6.45) is 3.10. The molecule has 1 N–H and O–H groups in total. The van der Waals surface area contributed by atoms with Crippen LogP contribution in [0.1, 0.15) is 17.5 Å². The molecule has 1 heterocycles. The monoisotopic (exact) mass is 278 g/mol. The first kappa shape index (κ1) is 11.2. The van der Waals surface area contributed by atoms with Gasteiger partial charge < -0.3 is 5.11 Å². The largest absolute Gasteiger partial charge is 0.385 e. The van der Waals surface area contributed by atoms with E-state index in [9.17, 15) is 5.11 Å². The van der Waals surface area contributed by atoms with E-state index >= 15 is 0 Å². The molecule has 1 atom stereocenters. The third-order valence-electron chi connectivity index (χ3n) is 2.25. The highest BCUT2D eigenvalue weighted by Crippen LogP contribution is 2.21. The fourth-order valence-corrected chi connectivity index (χ4v) is 1.89. The Labute approximate surface area is 102 Å². The summed E-state index contributed by atoms with van der Waals surface area (Å²) in [5.41, 5.74) is 1.04. The maximum atomic E-state index is 9.95. The Morgan fingerprint density at radius 1 is 1.12 bits per heavy atom. The van der Waals surface area contributed by atoms with E-state index < -0.39 is 6.10 Å². The number of hydrogen-bond donors (Lipinski definition) is 1. The maximum absolute atomic E-state index is 9.95. The van der Waals surface area contributed by atoms with Crippen LogP contribution in [-0.4, -0.2) is 15.1 Å². The number of hydrogen-bond acceptors (Lipinski definition) is 3. The summed E-state index contributed by atoms with van der Waals surface area (Å²) in [7, 11) is 0. The molecule has 0 saturated heterocycles. The Balaban J connectivity index is 2.14. The molecule has 2 aromatic rings. The molecular formula is C12H11BrN2O. The number of rotatable bonds is 3. The number of halogens is 1. The fraction of sp³-hybridized carbons (Fsp3) is 0.167. The highest BCUT2D eigenvalue weighted by Gasteiger charge is 2.12. The molecule has 0 radical (unpaired) electrons. The summed E-state index contributed by atoms with van der Waals surface area (Å²) in [6.45, 7) is 0. The van der Waals surface area contributed by atoms with Gasteiger partial charge in [-0.15, -0.1) is 0 Å². The third-order valence-corrected chi connectivity index (χ3v) is 3.03. The van der Waals surface area contributed by atoms with Crippen LogP contribution in [0.4, 0.5) is 0 Å². The zero-order valence-corrected chi connectivity index (χ0v) is 10.1. The van der Waals surface area contributed by atoms with Crippen molar-refractivity contribution in [2.45, 2.75) is 12.5 Å². The van der Waals surface area contributed by atoms with E-state index in [0.717, 1.165) is 10.0 Å². The predicted octanol–water partition coefficient (Wildman–Crippen LogP) is 2.52. The van der Waals surface area contributed by atoms with Gasteiger partial charge in [-0.1, -0.05) is 34.1 Å². The summed E-state index contributed by atoms with van der Waals surface area (Å²) < 4.78 is 0.991. The molecule has 0 aliphatic carbocycles. The molecule has 0 saturated carbocycles. The van der Waals surface area contributed by atoms with E-state index in [1.807, 2.05) is 24.3 Å². The van der Waals surface area contributed by atoms with Crippen molar-refractivity contribution in [3.8, 4) is 0 Å². The summed E-state index contributed by atoms with van der Waals surface area (Å²) >= 11 is 3.45. The molecule has 4 heteroatoms. The molecule has 0 bridgehead atoms. The van der Waals surface area contributed by atoms with Gasteiger partial charge in [-0.3, -0.25) is 0 Å². The summed E-state index contributed by atoms with van der Waals surface area (Å²) in [4.78, 5) is 8.06. The second-order valence-corrected chi connectivity index (χ2v) is 4.27. The van der Waals surface area contributed by atoms with Crippen LogP contribution in [0.5, 0.6) is 0 Å². The van der Waals surface area contributed by atoms with Crippen molar-refractivity contribution in [1.29, 1.82) is 0 Å². The summed E-state index contributed by atoms with van der Waals surface area (Å²) in [6, 6.07) is 9.54. The zero-order valence-electron chi connectivity index (χ0n) is 8.55. The molecule has 1 unspecified atom stereocenters. The molecular weight excluding hydrogens is 268 g/mol. The zero-order chi connectivity index (χ0) is 11.4. The highest BCUT2D eigenvalue weighted by atomic mass is 79.9. The van der Waals surface area contributed by atoms with Gasteiger partial charge in [-0.05, 0) is 17.7 Å². The lowest BCUT2D eigenvalue weighted by Gasteiger charge is -2.09. The van der Waals surface area contributed by atoms with Gasteiger partial charge in [0.25, 0.3) is 0 Å². The Bertz CT molecular complexity index is 462. The van der Waals surface area contributed by atoms with Crippen molar-refractivity contribution in [2.75, 3.05) is 0 Å². The normalized spacial score (nSPS) is 12.4. The lowest BCUT2D eigenvalue weighted by Crippen LogP contribution is -2.06. The van der Waals surface area contributed by atoms with Crippen molar-refractivity contribution in [3.63, 3.8) is 0 Å². The minimum Gasteiger partial charge on any atom is -0.385 e.